The molecule has 2 N–H and O–H groups in total. The Labute approximate surface area is 146 Å². The van der Waals surface area contributed by atoms with Gasteiger partial charge in [-0.1, -0.05) is 12.1 Å². The first-order valence-electron chi connectivity index (χ1n) is 7.78. The molecule has 2 rings (SSSR count). The summed E-state index contributed by atoms with van der Waals surface area (Å²) in [6.45, 7) is 2.51. The molecule has 0 radical (unpaired) electrons. The van der Waals surface area contributed by atoms with Gasteiger partial charge in [0.1, 0.15) is 10.7 Å². The number of piperazine rings is 1. The van der Waals surface area contributed by atoms with Gasteiger partial charge in [-0.25, -0.2) is 17.6 Å². The number of rotatable bonds is 4. The Kier molecular flexibility index (Phi) is 6.09. The van der Waals surface area contributed by atoms with Gasteiger partial charge in [0.05, 0.1) is 6.04 Å². The van der Waals surface area contributed by atoms with Gasteiger partial charge in [0.25, 0.3) is 0 Å². The third kappa shape index (κ3) is 4.33. The summed E-state index contributed by atoms with van der Waals surface area (Å²) in [6.07, 6.45) is 0. The summed E-state index contributed by atoms with van der Waals surface area (Å²) in [5.41, 5.74) is 0. The summed E-state index contributed by atoms with van der Waals surface area (Å²) in [7, 11) is -2.52. The van der Waals surface area contributed by atoms with E-state index in [4.69, 9.17) is 0 Å². The molecule has 1 aromatic rings. The van der Waals surface area contributed by atoms with Gasteiger partial charge in [-0.15, -0.1) is 0 Å². The predicted molar refractivity (Wildman–Crippen MR) is 88.8 cm³/mol. The lowest BCUT2D eigenvalue weighted by Gasteiger charge is -2.36. The lowest BCUT2D eigenvalue weighted by atomic mass is 10.2. The van der Waals surface area contributed by atoms with Crippen molar-refractivity contribution in [3.05, 3.63) is 30.1 Å². The second-order valence-electron chi connectivity index (χ2n) is 5.61. The van der Waals surface area contributed by atoms with E-state index in [9.17, 15) is 22.4 Å². The predicted octanol–water partition coefficient (Wildman–Crippen LogP) is -0.0239. The zero-order chi connectivity index (χ0) is 18.6. The maximum Gasteiger partial charge on any atom is 0.321 e. The van der Waals surface area contributed by atoms with Gasteiger partial charge >= 0.3 is 6.03 Å². The minimum Gasteiger partial charge on any atom is -0.341 e. The van der Waals surface area contributed by atoms with Crippen molar-refractivity contribution in [3.63, 3.8) is 0 Å². The van der Waals surface area contributed by atoms with E-state index < -0.39 is 33.8 Å². The van der Waals surface area contributed by atoms with Gasteiger partial charge in [-0.2, -0.15) is 4.31 Å². The molecule has 1 aromatic carbocycles. The van der Waals surface area contributed by atoms with Gasteiger partial charge in [-0.3, -0.25) is 15.0 Å². The van der Waals surface area contributed by atoms with E-state index in [0.717, 1.165) is 6.07 Å². The van der Waals surface area contributed by atoms with E-state index in [2.05, 4.69) is 10.6 Å². The lowest BCUT2D eigenvalue weighted by Crippen LogP contribution is -2.56. The zero-order valence-corrected chi connectivity index (χ0v) is 14.8. The van der Waals surface area contributed by atoms with Gasteiger partial charge in [0, 0.05) is 33.2 Å². The van der Waals surface area contributed by atoms with Crippen LogP contribution in [0.3, 0.4) is 0 Å². The van der Waals surface area contributed by atoms with Crippen LogP contribution in [0.5, 0.6) is 0 Å². The third-order valence-electron chi connectivity index (χ3n) is 4.12. The van der Waals surface area contributed by atoms with Crippen molar-refractivity contribution in [2.75, 3.05) is 33.2 Å². The smallest absolute Gasteiger partial charge is 0.321 e. The largest absolute Gasteiger partial charge is 0.341 e. The first kappa shape index (κ1) is 19.3. The van der Waals surface area contributed by atoms with Crippen molar-refractivity contribution in [3.8, 4) is 0 Å². The molecule has 0 aliphatic carbocycles. The number of nitrogens with zero attached hydrogens (tertiary/aromatic N) is 2. The second kappa shape index (κ2) is 7.89. The molecular weight excluding hydrogens is 351 g/mol. The van der Waals surface area contributed by atoms with Crippen molar-refractivity contribution in [1.29, 1.82) is 0 Å². The zero-order valence-electron chi connectivity index (χ0n) is 14.0. The standard InChI is InChI=1S/C15H21FN4O4S/c1-11(14(21)18-15(22)17-2)19-7-9-20(10-8-19)25(23,24)13-6-4-3-5-12(13)16/h3-6,11H,7-10H2,1-2H3,(H2,17,18,21,22)/t11-/m0/s1. The molecule has 3 amide bonds. The molecule has 0 bridgehead atoms. The Bertz CT molecular complexity index is 748. The van der Waals surface area contributed by atoms with Crippen LogP contribution in [0.1, 0.15) is 6.92 Å². The Morgan fingerprint density at radius 2 is 1.76 bits per heavy atom. The van der Waals surface area contributed by atoms with Crippen LogP contribution in [0.25, 0.3) is 0 Å². The Hall–Kier alpha value is -2.04. The fourth-order valence-corrected chi connectivity index (χ4v) is 4.06. The number of carbonyl (C=O) groups excluding carboxylic acids is 2. The van der Waals surface area contributed by atoms with E-state index >= 15 is 0 Å². The Morgan fingerprint density at radius 3 is 2.32 bits per heavy atom. The number of hydrogen-bond donors (Lipinski definition) is 2. The minimum atomic E-state index is -3.92. The topological polar surface area (TPSA) is 98.8 Å². The first-order chi connectivity index (χ1) is 11.8. The Balaban J connectivity index is 2.01. The summed E-state index contributed by atoms with van der Waals surface area (Å²) in [4.78, 5) is 24.6. The molecule has 138 valence electrons. The van der Waals surface area contributed by atoms with Crippen LogP contribution in [0.4, 0.5) is 9.18 Å². The van der Waals surface area contributed by atoms with Gasteiger partial charge in [-0.05, 0) is 19.1 Å². The highest BCUT2D eigenvalue weighted by molar-refractivity contribution is 7.89. The number of imide groups is 1. The maximum absolute atomic E-state index is 13.8. The number of urea groups is 1. The van der Waals surface area contributed by atoms with Crippen LogP contribution in [0.15, 0.2) is 29.2 Å². The summed E-state index contributed by atoms with van der Waals surface area (Å²) >= 11 is 0. The molecule has 0 saturated carbocycles. The molecule has 8 nitrogen and oxygen atoms in total. The third-order valence-corrected chi connectivity index (χ3v) is 6.05. The van der Waals surface area contributed by atoms with E-state index in [0.29, 0.717) is 13.1 Å². The van der Waals surface area contributed by atoms with Crippen molar-refractivity contribution < 1.29 is 22.4 Å². The average molecular weight is 372 g/mol. The number of amides is 3. The fraction of sp³-hybridized carbons (Fsp3) is 0.467. The number of benzene rings is 1. The van der Waals surface area contributed by atoms with Crippen LogP contribution >= 0.6 is 0 Å². The highest BCUT2D eigenvalue weighted by Crippen LogP contribution is 2.20. The summed E-state index contributed by atoms with van der Waals surface area (Å²) in [5, 5.41) is 4.48. The van der Waals surface area contributed by atoms with E-state index in [1.54, 1.807) is 11.8 Å². The van der Waals surface area contributed by atoms with Gasteiger partial charge in [0.2, 0.25) is 15.9 Å². The second-order valence-corrected chi connectivity index (χ2v) is 7.52. The molecular formula is C15H21FN4O4S. The molecule has 1 fully saturated rings. The quantitative estimate of drug-likeness (QED) is 0.774. The first-order valence-corrected chi connectivity index (χ1v) is 9.22. The van der Waals surface area contributed by atoms with Crippen molar-refractivity contribution in [2.24, 2.45) is 0 Å². The summed E-state index contributed by atoms with van der Waals surface area (Å²) in [5.74, 6) is -1.26. The van der Waals surface area contributed by atoms with Crippen molar-refractivity contribution >= 4 is 22.0 Å². The molecule has 0 aromatic heterocycles. The van der Waals surface area contributed by atoms with Crippen LogP contribution < -0.4 is 10.6 Å². The number of nitrogens with one attached hydrogen (secondary N) is 2. The van der Waals surface area contributed by atoms with Gasteiger partial charge in [0.15, 0.2) is 0 Å². The highest BCUT2D eigenvalue weighted by Gasteiger charge is 2.33. The lowest BCUT2D eigenvalue weighted by molar-refractivity contribution is -0.125. The van der Waals surface area contributed by atoms with Crippen molar-refractivity contribution in [1.82, 2.24) is 19.8 Å². The monoisotopic (exact) mass is 372 g/mol. The van der Waals surface area contributed by atoms with E-state index in [1.807, 2.05) is 0 Å². The van der Waals surface area contributed by atoms with Crippen LogP contribution in [-0.4, -0.2) is 68.8 Å². The molecule has 1 heterocycles. The summed E-state index contributed by atoms with van der Waals surface area (Å²) < 4.78 is 40.1. The maximum atomic E-state index is 13.8. The van der Waals surface area contributed by atoms with Crippen molar-refractivity contribution in [2.45, 2.75) is 17.9 Å². The molecule has 1 aliphatic rings. The van der Waals surface area contributed by atoms with E-state index in [-0.39, 0.29) is 18.0 Å². The number of halogens is 1. The molecule has 0 unspecified atom stereocenters. The number of sulfonamides is 1. The van der Waals surface area contributed by atoms with Crippen LogP contribution in [0.2, 0.25) is 0 Å². The van der Waals surface area contributed by atoms with Crippen LogP contribution in [-0.2, 0) is 14.8 Å². The number of hydrogen-bond acceptors (Lipinski definition) is 5. The highest BCUT2D eigenvalue weighted by atomic mass is 32.2. The molecule has 1 atom stereocenters. The number of carbonyl (C=O) groups is 2. The van der Waals surface area contributed by atoms with Crippen LogP contribution in [0, 0.1) is 5.82 Å². The molecule has 0 spiro atoms. The van der Waals surface area contributed by atoms with E-state index in [1.165, 1.54) is 29.6 Å². The molecule has 10 heteroatoms. The molecule has 25 heavy (non-hydrogen) atoms. The minimum absolute atomic E-state index is 0.133. The summed E-state index contributed by atoms with van der Waals surface area (Å²) in [6, 6.07) is 4.05. The molecule has 1 saturated heterocycles. The average Bonchev–Trinajstić information content (AvgIpc) is 2.61. The SMILES string of the molecule is CNC(=O)NC(=O)[C@H](C)N1CCN(S(=O)(=O)c2ccccc2F)CC1. The molecule has 1 aliphatic heterocycles. The Morgan fingerprint density at radius 1 is 1.16 bits per heavy atom. The van der Waals surface area contributed by atoms with Gasteiger partial charge < -0.3 is 5.32 Å². The fourth-order valence-electron chi connectivity index (χ4n) is 2.57. The normalized spacial score (nSPS) is 17.7.